The van der Waals surface area contributed by atoms with E-state index in [4.69, 9.17) is 11.6 Å². The van der Waals surface area contributed by atoms with Crippen LogP contribution in [0.3, 0.4) is 0 Å². The first-order valence-corrected chi connectivity index (χ1v) is 7.16. The lowest BCUT2D eigenvalue weighted by Crippen LogP contribution is -2.52. The number of hydrogen-bond donors (Lipinski definition) is 0. The summed E-state index contributed by atoms with van der Waals surface area (Å²) in [6.07, 6.45) is 0. The highest BCUT2D eigenvalue weighted by atomic mass is 35.5. The lowest BCUT2D eigenvalue weighted by Gasteiger charge is -2.34. The molecule has 1 aromatic heterocycles. The van der Waals surface area contributed by atoms with Gasteiger partial charge < -0.3 is 9.80 Å². The van der Waals surface area contributed by atoms with Gasteiger partial charge in [0.2, 0.25) is 5.29 Å². The fourth-order valence-corrected chi connectivity index (χ4v) is 3.69. The first-order valence-electron chi connectivity index (χ1n) is 5.91. The van der Waals surface area contributed by atoms with Gasteiger partial charge in [0, 0.05) is 14.1 Å². The molecule has 7 heteroatoms. The molecule has 3 rings (SSSR count). The van der Waals surface area contributed by atoms with E-state index < -0.39 is 0 Å². The van der Waals surface area contributed by atoms with Gasteiger partial charge in [-0.2, -0.15) is 0 Å². The van der Waals surface area contributed by atoms with Crippen LogP contribution in [0.1, 0.15) is 16.6 Å². The van der Waals surface area contributed by atoms with Crippen LogP contribution in [-0.2, 0) is 0 Å². The molecular formula is C12H13ClN4OS. The molecule has 19 heavy (non-hydrogen) atoms. The molecule has 0 saturated heterocycles. The van der Waals surface area contributed by atoms with E-state index >= 15 is 0 Å². The second-order valence-corrected chi connectivity index (χ2v) is 5.92. The minimum atomic E-state index is -0.181. The van der Waals surface area contributed by atoms with Crippen molar-refractivity contribution in [3.8, 4) is 0 Å². The Bertz CT molecular complexity index is 609. The molecule has 2 atom stereocenters. The molecule has 0 spiro atoms. The summed E-state index contributed by atoms with van der Waals surface area (Å²) in [5.41, 5.74) is 0.877. The lowest BCUT2D eigenvalue weighted by atomic mass is 10.1. The number of thiophene rings is 1. The largest absolute Gasteiger partial charge is 0.330 e. The number of rotatable bonds is 0. The van der Waals surface area contributed by atoms with Crippen LogP contribution < -0.4 is 4.90 Å². The van der Waals surface area contributed by atoms with Gasteiger partial charge in [-0.15, -0.1) is 11.3 Å². The summed E-state index contributed by atoms with van der Waals surface area (Å²) in [6.45, 7) is 1.94. The fourth-order valence-electron chi connectivity index (χ4n) is 2.55. The van der Waals surface area contributed by atoms with Crippen molar-refractivity contribution in [2.24, 2.45) is 9.98 Å². The number of halogens is 1. The van der Waals surface area contributed by atoms with Gasteiger partial charge in [0.1, 0.15) is 16.8 Å². The summed E-state index contributed by atoms with van der Waals surface area (Å²) in [5.74, 6) is 0.771. The number of anilines is 1. The third kappa shape index (κ3) is 1.78. The highest BCUT2D eigenvalue weighted by Gasteiger charge is 2.40. The zero-order chi connectivity index (χ0) is 13.7. The van der Waals surface area contributed by atoms with Crippen LogP contribution >= 0.6 is 22.9 Å². The van der Waals surface area contributed by atoms with E-state index in [9.17, 15) is 4.79 Å². The monoisotopic (exact) mass is 296 g/mol. The van der Waals surface area contributed by atoms with E-state index in [1.807, 2.05) is 30.3 Å². The van der Waals surface area contributed by atoms with Gasteiger partial charge in [-0.3, -0.25) is 9.79 Å². The molecule has 3 heterocycles. The van der Waals surface area contributed by atoms with Crippen molar-refractivity contribution in [1.82, 2.24) is 4.90 Å². The smallest absolute Gasteiger partial charge is 0.266 e. The highest BCUT2D eigenvalue weighted by molar-refractivity contribution is 7.12. The molecule has 0 radical (unpaired) electrons. The zero-order valence-electron chi connectivity index (χ0n) is 10.8. The van der Waals surface area contributed by atoms with Crippen molar-refractivity contribution in [3.05, 3.63) is 16.3 Å². The van der Waals surface area contributed by atoms with Crippen LogP contribution in [0.15, 0.2) is 21.4 Å². The SMILES string of the molecule is CC1N=C(Cl)N=C2C1N(C)C(=O)c1sccc1N2C. The van der Waals surface area contributed by atoms with Crippen molar-refractivity contribution in [3.63, 3.8) is 0 Å². The molecule has 2 aliphatic rings. The Morgan fingerprint density at radius 3 is 2.89 bits per heavy atom. The molecule has 0 aliphatic carbocycles. The van der Waals surface area contributed by atoms with E-state index in [1.54, 1.807) is 11.9 Å². The summed E-state index contributed by atoms with van der Waals surface area (Å²) >= 11 is 7.41. The number of hydrogen-bond acceptors (Lipinski definition) is 5. The topological polar surface area (TPSA) is 48.3 Å². The van der Waals surface area contributed by atoms with Crippen LogP contribution in [0.4, 0.5) is 5.69 Å². The molecule has 0 N–H and O–H groups in total. The van der Waals surface area contributed by atoms with E-state index in [2.05, 4.69) is 9.98 Å². The second-order valence-electron chi connectivity index (χ2n) is 4.66. The average Bonchev–Trinajstić information content (AvgIpc) is 2.81. The molecule has 1 amide bonds. The average molecular weight is 297 g/mol. The van der Waals surface area contributed by atoms with Crippen molar-refractivity contribution in [2.45, 2.75) is 19.0 Å². The molecule has 100 valence electrons. The number of carbonyl (C=O) groups is 1. The molecular weight excluding hydrogens is 284 g/mol. The number of nitrogens with zero attached hydrogens (tertiary/aromatic N) is 4. The van der Waals surface area contributed by atoms with E-state index in [0.717, 1.165) is 16.4 Å². The van der Waals surface area contributed by atoms with E-state index in [1.165, 1.54) is 11.3 Å². The van der Waals surface area contributed by atoms with Crippen LogP contribution in [0.5, 0.6) is 0 Å². The first-order chi connectivity index (χ1) is 9.00. The van der Waals surface area contributed by atoms with Crippen LogP contribution in [-0.4, -0.2) is 48.1 Å². The van der Waals surface area contributed by atoms with Crippen molar-refractivity contribution < 1.29 is 4.79 Å². The van der Waals surface area contributed by atoms with Crippen LogP contribution in [0.2, 0.25) is 0 Å². The van der Waals surface area contributed by atoms with E-state index in [-0.39, 0.29) is 23.3 Å². The van der Waals surface area contributed by atoms with Gasteiger partial charge in [-0.1, -0.05) is 0 Å². The fraction of sp³-hybridized carbons (Fsp3) is 0.417. The quantitative estimate of drug-likeness (QED) is 0.688. The summed E-state index contributed by atoms with van der Waals surface area (Å²) in [4.78, 5) is 25.4. The Labute approximate surface area is 120 Å². The Balaban J connectivity index is 2.19. The van der Waals surface area contributed by atoms with Gasteiger partial charge in [0.05, 0.1) is 11.7 Å². The molecule has 2 unspecified atom stereocenters. The minimum Gasteiger partial charge on any atom is -0.330 e. The predicted octanol–water partition coefficient (Wildman–Crippen LogP) is 2.03. The maximum Gasteiger partial charge on any atom is 0.266 e. The van der Waals surface area contributed by atoms with Crippen LogP contribution in [0.25, 0.3) is 0 Å². The summed E-state index contributed by atoms with van der Waals surface area (Å²) in [5, 5.41) is 2.15. The maximum atomic E-state index is 12.5. The van der Waals surface area contributed by atoms with Crippen molar-refractivity contribution in [1.29, 1.82) is 0 Å². The number of likely N-dealkylation sites (N-methyl/N-ethyl adjacent to an activating group) is 2. The first kappa shape index (κ1) is 12.6. The van der Waals surface area contributed by atoms with Gasteiger partial charge in [0.25, 0.3) is 5.91 Å². The third-order valence-corrected chi connectivity index (χ3v) is 4.59. The predicted molar refractivity (Wildman–Crippen MR) is 78.8 cm³/mol. The third-order valence-electron chi connectivity index (χ3n) is 3.52. The van der Waals surface area contributed by atoms with Crippen molar-refractivity contribution >= 4 is 45.7 Å². The number of carbonyl (C=O) groups excluding carboxylic acids is 1. The molecule has 5 nitrogen and oxygen atoms in total. The summed E-state index contributed by atoms with van der Waals surface area (Å²) in [6, 6.07) is 1.64. The van der Waals surface area contributed by atoms with E-state index in [0.29, 0.717) is 0 Å². The number of aliphatic imine (C=N–C) groups is 2. The second kappa shape index (κ2) is 4.31. The summed E-state index contributed by atoms with van der Waals surface area (Å²) < 4.78 is 0. The number of amides is 1. The zero-order valence-corrected chi connectivity index (χ0v) is 12.4. The standard InChI is InChI=1S/C12H13ClN4OS/c1-6-8-10(15-12(13)14-6)16(2)7-4-5-19-9(7)11(18)17(8)3/h4-6,8H,1-3H3. The normalized spacial score (nSPS) is 26.4. The number of amidine groups is 2. The lowest BCUT2D eigenvalue weighted by molar-refractivity contribution is 0.0766. The Kier molecular flexibility index (Phi) is 2.87. The Morgan fingerprint density at radius 2 is 2.16 bits per heavy atom. The number of fused-ring (bicyclic) bond motifs is 2. The summed E-state index contributed by atoms with van der Waals surface area (Å²) in [7, 11) is 3.70. The molecule has 0 fully saturated rings. The van der Waals surface area contributed by atoms with Gasteiger partial charge in [-0.25, -0.2) is 4.99 Å². The van der Waals surface area contributed by atoms with Crippen LogP contribution in [0, 0.1) is 0 Å². The maximum absolute atomic E-state index is 12.5. The van der Waals surface area contributed by atoms with Gasteiger partial charge in [-0.05, 0) is 30.0 Å². The Morgan fingerprint density at radius 1 is 1.42 bits per heavy atom. The molecule has 2 aliphatic heterocycles. The minimum absolute atomic E-state index is 0.00659. The molecule has 0 aromatic carbocycles. The van der Waals surface area contributed by atoms with Crippen molar-refractivity contribution in [2.75, 3.05) is 19.0 Å². The molecule has 0 saturated carbocycles. The molecule has 0 bridgehead atoms. The highest BCUT2D eigenvalue weighted by Crippen LogP contribution is 2.33. The Hall–Kier alpha value is -1.40. The van der Waals surface area contributed by atoms with Gasteiger partial charge >= 0.3 is 0 Å². The van der Waals surface area contributed by atoms with Gasteiger partial charge in [0.15, 0.2) is 0 Å². The molecule has 1 aromatic rings.